The zero-order valence-corrected chi connectivity index (χ0v) is 12.9. The lowest BCUT2D eigenvalue weighted by Gasteiger charge is -2.24. The summed E-state index contributed by atoms with van der Waals surface area (Å²) in [6.07, 6.45) is 2.50. The van der Waals surface area contributed by atoms with Gasteiger partial charge in [-0.05, 0) is 35.8 Å². The van der Waals surface area contributed by atoms with E-state index in [9.17, 15) is 14.0 Å². The predicted molar refractivity (Wildman–Crippen MR) is 81.9 cm³/mol. The number of nitrogens with one attached hydrogen (secondary N) is 2. The van der Waals surface area contributed by atoms with Crippen molar-refractivity contribution in [1.29, 1.82) is 0 Å². The molecule has 1 aliphatic heterocycles. The first kappa shape index (κ1) is 15.0. The second kappa shape index (κ2) is 5.38. The zero-order valence-electron chi connectivity index (χ0n) is 12.9. The average molecular weight is 304 g/mol. The quantitative estimate of drug-likeness (QED) is 0.879. The number of anilines is 1. The number of hydrogen-bond donors (Lipinski definition) is 2. The second-order valence-electron chi connectivity index (χ2n) is 6.99. The van der Waals surface area contributed by atoms with Crippen molar-refractivity contribution in [2.45, 2.75) is 39.0 Å². The summed E-state index contributed by atoms with van der Waals surface area (Å²) >= 11 is 0. The van der Waals surface area contributed by atoms with Crippen molar-refractivity contribution in [3.63, 3.8) is 0 Å². The minimum atomic E-state index is -0.602. The van der Waals surface area contributed by atoms with Gasteiger partial charge in [-0.2, -0.15) is 0 Å². The van der Waals surface area contributed by atoms with Crippen molar-refractivity contribution >= 4 is 17.5 Å². The van der Waals surface area contributed by atoms with Crippen LogP contribution < -0.4 is 10.6 Å². The summed E-state index contributed by atoms with van der Waals surface area (Å²) in [4.78, 5) is 24.1. The summed E-state index contributed by atoms with van der Waals surface area (Å²) in [6.45, 7) is 4.91. The Labute approximate surface area is 129 Å². The minimum Gasteiger partial charge on any atom is -0.356 e. The van der Waals surface area contributed by atoms with Crippen molar-refractivity contribution in [2.24, 2.45) is 11.3 Å². The van der Waals surface area contributed by atoms with E-state index in [4.69, 9.17) is 0 Å². The van der Waals surface area contributed by atoms with Crippen molar-refractivity contribution in [1.82, 2.24) is 5.32 Å². The van der Waals surface area contributed by atoms with Gasteiger partial charge < -0.3 is 10.6 Å². The summed E-state index contributed by atoms with van der Waals surface area (Å²) in [5.41, 5.74) is 0.877. The molecular weight excluding hydrogens is 283 g/mol. The molecule has 0 saturated heterocycles. The van der Waals surface area contributed by atoms with Crippen LogP contribution in [0, 0.1) is 17.2 Å². The lowest BCUT2D eigenvalue weighted by Crippen LogP contribution is -2.36. The highest BCUT2D eigenvalue weighted by Crippen LogP contribution is 2.44. The maximum atomic E-state index is 13.7. The van der Waals surface area contributed by atoms with Crippen molar-refractivity contribution in [2.75, 3.05) is 11.9 Å². The van der Waals surface area contributed by atoms with Crippen molar-refractivity contribution in [3.8, 4) is 0 Å². The summed E-state index contributed by atoms with van der Waals surface area (Å²) in [5, 5.41) is 5.45. The standard InChI is InChI=1S/C17H21FN2O2/c1-17(2,10-6-7-10)9-19-14(21)8-12-11-4-3-5-13(18)15(11)20-16(12)22/h3-5,10,12H,6-9H2,1-2H3,(H,19,21)(H,20,22). The van der Waals surface area contributed by atoms with E-state index in [0.717, 1.165) is 0 Å². The fourth-order valence-electron chi connectivity index (χ4n) is 3.11. The van der Waals surface area contributed by atoms with Crippen LogP contribution in [0.15, 0.2) is 18.2 Å². The molecule has 1 unspecified atom stereocenters. The third kappa shape index (κ3) is 2.85. The number of carbonyl (C=O) groups is 2. The number of rotatable bonds is 5. The third-order valence-corrected chi connectivity index (χ3v) is 4.80. The SMILES string of the molecule is CC(C)(CNC(=O)CC1C(=O)Nc2c(F)cccc21)C1CC1. The first-order chi connectivity index (χ1) is 10.4. The highest BCUT2D eigenvalue weighted by atomic mass is 19.1. The molecule has 1 heterocycles. The Morgan fingerprint density at radius 2 is 2.14 bits per heavy atom. The van der Waals surface area contributed by atoms with Gasteiger partial charge in [0.05, 0.1) is 11.6 Å². The molecule has 0 spiro atoms. The molecule has 0 aromatic heterocycles. The fourth-order valence-corrected chi connectivity index (χ4v) is 3.11. The van der Waals surface area contributed by atoms with Crippen LogP contribution in [-0.4, -0.2) is 18.4 Å². The topological polar surface area (TPSA) is 58.2 Å². The fraction of sp³-hybridized carbons (Fsp3) is 0.529. The lowest BCUT2D eigenvalue weighted by molar-refractivity contribution is -0.125. The highest BCUT2D eigenvalue weighted by molar-refractivity contribution is 6.05. The molecule has 1 saturated carbocycles. The number of amides is 2. The first-order valence-corrected chi connectivity index (χ1v) is 7.74. The molecule has 0 radical (unpaired) electrons. The van der Waals surface area contributed by atoms with E-state index in [1.54, 1.807) is 12.1 Å². The molecule has 5 heteroatoms. The molecule has 2 amide bonds. The first-order valence-electron chi connectivity index (χ1n) is 7.74. The van der Waals surface area contributed by atoms with E-state index in [2.05, 4.69) is 24.5 Å². The van der Waals surface area contributed by atoms with Crippen LogP contribution >= 0.6 is 0 Å². The van der Waals surface area contributed by atoms with Gasteiger partial charge in [-0.3, -0.25) is 9.59 Å². The van der Waals surface area contributed by atoms with Gasteiger partial charge in [-0.25, -0.2) is 4.39 Å². The molecule has 118 valence electrons. The molecule has 1 fully saturated rings. The predicted octanol–water partition coefficient (Wildman–Crippen LogP) is 2.80. The molecule has 1 aliphatic carbocycles. The molecule has 22 heavy (non-hydrogen) atoms. The summed E-state index contributed by atoms with van der Waals surface area (Å²) in [7, 11) is 0. The van der Waals surface area contributed by atoms with E-state index in [-0.39, 0.29) is 29.3 Å². The van der Waals surface area contributed by atoms with E-state index in [1.807, 2.05) is 0 Å². The number of halogens is 1. The van der Waals surface area contributed by atoms with Gasteiger partial charge in [0.2, 0.25) is 11.8 Å². The Bertz CT molecular complexity index is 623. The van der Waals surface area contributed by atoms with Gasteiger partial charge in [0.15, 0.2) is 0 Å². The summed E-state index contributed by atoms with van der Waals surface area (Å²) in [6, 6.07) is 4.57. The van der Waals surface area contributed by atoms with Crippen LogP contribution in [0.5, 0.6) is 0 Å². The normalized spacial score (nSPS) is 20.5. The Hall–Kier alpha value is -1.91. The van der Waals surface area contributed by atoms with Crippen LogP contribution in [-0.2, 0) is 9.59 Å². The van der Waals surface area contributed by atoms with Crippen LogP contribution in [0.4, 0.5) is 10.1 Å². The van der Waals surface area contributed by atoms with Crippen molar-refractivity contribution < 1.29 is 14.0 Å². The minimum absolute atomic E-state index is 0.0586. The molecule has 4 nitrogen and oxygen atoms in total. The monoisotopic (exact) mass is 304 g/mol. The van der Waals surface area contributed by atoms with Gasteiger partial charge in [0.25, 0.3) is 0 Å². The smallest absolute Gasteiger partial charge is 0.232 e. The van der Waals surface area contributed by atoms with Crippen molar-refractivity contribution in [3.05, 3.63) is 29.6 Å². The van der Waals surface area contributed by atoms with Gasteiger partial charge in [0.1, 0.15) is 5.82 Å². The molecule has 2 aliphatic rings. The van der Waals surface area contributed by atoms with E-state index < -0.39 is 11.7 Å². The summed E-state index contributed by atoms with van der Waals surface area (Å²) in [5.74, 6) is -0.849. The van der Waals surface area contributed by atoms with Crippen LogP contribution in [0.2, 0.25) is 0 Å². The Morgan fingerprint density at radius 3 is 2.82 bits per heavy atom. The van der Waals surface area contributed by atoms with E-state index >= 15 is 0 Å². The molecule has 3 rings (SSSR count). The van der Waals surface area contributed by atoms with E-state index in [1.165, 1.54) is 18.9 Å². The number of benzene rings is 1. The molecular formula is C17H21FN2O2. The molecule has 1 aromatic rings. The maximum absolute atomic E-state index is 13.7. The van der Waals surface area contributed by atoms with E-state index in [0.29, 0.717) is 18.0 Å². The van der Waals surface area contributed by atoms with Crippen LogP contribution in [0.25, 0.3) is 0 Å². The Balaban J connectivity index is 1.62. The summed E-state index contributed by atoms with van der Waals surface area (Å²) < 4.78 is 13.7. The second-order valence-corrected chi connectivity index (χ2v) is 6.99. The molecule has 0 bridgehead atoms. The maximum Gasteiger partial charge on any atom is 0.232 e. The molecule has 1 aromatic carbocycles. The molecule has 2 N–H and O–H groups in total. The lowest BCUT2D eigenvalue weighted by atomic mass is 9.87. The Kier molecular flexibility index (Phi) is 3.67. The van der Waals surface area contributed by atoms with Gasteiger partial charge in [-0.15, -0.1) is 0 Å². The average Bonchev–Trinajstić information content (AvgIpc) is 3.26. The van der Waals surface area contributed by atoms with Crippen LogP contribution in [0.1, 0.15) is 44.6 Å². The van der Waals surface area contributed by atoms with Gasteiger partial charge >= 0.3 is 0 Å². The number of fused-ring (bicyclic) bond motifs is 1. The highest BCUT2D eigenvalue weighted by Gasteiger charge is 2.38. The zero-order chi connectivity index (χ0) is 15.9. The largest absolute Gasteiger partial charge is 0.356 e. The number of hydrogen-bond acceptors (Lipinski definition) is 2. The van der Waals surface area contributed by atoms with Gasteiger partial charge in [-0.1, -0.05) is 26.0 Å². The Morgan fingerprint density at radius 1 is 1.41 bits per heavy atom. The molecule has 1 atom stereocenters. The third-order valence-electron chi connectivity index (χ3n) is 4.80. The van der Waals surface area contributed by atoms with Gasteiger partial charge in [0, 0.05) is 13.0 Å². The number of para-hydroxylation sites is 1. The van der Waals surface area contributed by atoms with Crippen LogP contribution in [0.3, 0.4) is 0 Å². The number of carbonyl (C=O) groups excluding carboxylic acids is 2.